The van der Waals surface area contributed by atoms with Crippen molar-refractivity contribution in [3.63, 3.8) is 0 Å². The molecule has 1 aliphatic carbocycles. The third-order valence-electron chi connectivity index (χ3n) is 4.69. The molecule has 0 bridgehead atoms. The van der Waals surface area contributed by atoms with Crippen molar-refractivity contribution in [3.05, 3.63) is 56.2 Å². The molecule has 30 heavy (non-hydrogen) atoms. The van der Waals surface area contributed by atoms with Gasteiger partial charge in [-0.15, -0.1) is 11.3 Å². The smallest absolute Gasteiger partial charge is 0.326 e. The molecule has 1 amide bonds. The van der Waals surface area contributed by atoms with E-state index in [0.29, 0.717) is 26.9 Å². The minimum absolute atomic E-state index is 0.152. The lowest BCUT2D eigenvalue weighted by Crippen LogP contribution is -2.19. The Morgan fingerprint density at radius 3 is 2.93 bits per heavy atom. The number of carbonyl (C=O) groups is 1. The molecule has 0 atom stereocenters. The Morgan fingerprint density at radius 2 is 2.23 bits per heavy atom. The molecule has 4 heterocycles. The molecule has 4 N–H and O–H groups in total. The van der Waals surface area contributed by atoms with Gasteiger partial charge in [-0.05, 0) is 31.1 Å². The maximum atomic E-state index is 11.9. The van der Waals surface area contributed by atoms with E-state index in [9.17, 15) is 14.7 Å². The molecule has 4 aromatic rings. The van der Waals surface area contributed by atoms with Crippen molar-refractivity contribution in [2.75, 3.05) is 7.05 Å². The highest BCUT2D eigenvalue weighted by atomic mass is 32.1. The van der Waals surface area contributed by atoms with Gasteiger partial charge in [0.25, 0.3) is 5.91 Å². The number of aromatic amines is 2. The number of H-pyrrole nitrogens is 2. The zero-order valence-electron chi connectivity index (χ0n) is 15.8. The Morgan fingerprint density at radius 1 is 1.40 bits per heavy atom. The molecule has 0 aromatic carbocycles. The fraction of sp³-hybridized carbons (Fsp3) is 0.211. The SMILES string of the molecule is CNC(=O)c1ccc(-c2cc(=NC3CC3)n3nc/c(=C\c4[nH]c(=O)[nH]c4O)c3n2)s1. The summed E-state index contributed by atoms with van der Waals surface area (Å²) >= 11 is 1.34. The molecule has 152 valence electrons. The van der Waals surface area contributed by atoms with E-state index in [1.165, 1.54) is 11.3 Å². The highest BCUT2D eigenvalue weighted by Crippen LogP contribution is 2.26. The molecule has 0 radical (unpaired) electrons. The third kappa shape index (κ3) is 3.28. The number of fused-ring (bicyclic) bond motifs is 1. The summed E-state index contributed by atoms with van der Waals surface area (Å²) in [5.41, 5.74) is 1.60. The van der Waals surface area contributed by atoms with Crippen LogP contribution in [0.1, 0.15) is 28.2 Å². The van der Waals surface area contributed by atoms with Gasteiger partial charge in [-0.2, -0.15) is 9.61 Å². The minimum Gasteiger partial charge on any atom is -0.493 e. The number of nitrogens with one attached hydrogen (secondary N) is 3. The van der Waals surface area contributed by atoms with E-state index >= 15 is 0 Å². The van der Waals surface area contributed by atoms with Crippen LogP contribution in [0, 0.1) is 0 Å². The number of carbonyl (C=O) groups excluding carboxylic acids is 1. The molecule has 0 unspecified atom stereocenters. The van der Waals surface area contributed by atoms with Crippen molar-refractivity contribution >= 4 is 29.0 Å². The van der Waals surface area contributed by atoms with E-state index in [1.807, 2.05) is 12.1 Å². The standard InChI is InChI=1S/C19H17N7O3S/c1-20-18(28)14-5-4-13(30-14)11-7-15(22-10-2-3-10)26-16(23-11)9(8-21-26)6-12-17(27)25-19(29)24-12/h4-8,10,27H,2-3H2,1H3,(H,20,28)(H2,24,25,29)/b9-6+,22-15?. The fourth-order valence-corrected chi connectivity index (χ4v) is 3.96. The maximum absolute atomic E-state index is 11.9. The van der Waals surface area contributed by atoms with Crippen molar-refractivity contribution in [2.45, 2.75) is 18.9 Å². The van der Waals surface area contributed by atoms with Crippen molar-refractivity contribution in [1.29, 1.82) is 0 Å². The number of aromatic nitrogens is 5. The van der Waals surface area contributed by atoms with Gasteiger partial charge in [0.1, 0.15) is 5.69 Å². The quantitative estimate of drug-likeness (QED) is 0.370. The van der Waals surface area contributed by atoms with Crippen LogP contribution in [0.3, 0.4) is 0 Å². The fourth-order valence-electron chi connectivity index (χ4n) is 3.04. The third-order valence-corrected chi connectivity index (χ3v) is 5.79. The predicted octanol–water partition coefficient (Wildman–Crippen LogP) is 0.150. The first-order valence-corrected chi connectivity index (χ1v) is 10.1. The van der Waals surface area contributed by atoms with Crippen LogP contribution in [0.25, 0.3) is 22.3 Å². The Hall–Kier alpha value is -3.73. The Labute approximate surface area is 172 Å². The molecule has 0 saturated heterocycles. The predicted molar refractivity (Wildman–Crippen MR) is 110 cm³/mol. The number of amides is 1. The van der Waals surface area contributed by atoms with Gasteiger partial charge in [-0.1, -0.05) is 0 Å². The van der Waals surface area contributed by atoms with Gasteiger partial charge in [-0.25, -0.2) is 9.78 Å². The number of aromatic hydroxyl groups is 1. The number of imidazole rings is 1. The second-order valence-corrected chi connectivity index (χ2v) is 8.01. The van der Waals surface area contributed by atoms with Crippen LogP contribution in [-0.4, -0.2) is 48.7 Å². The molecule has 0 spiro atoms. The number of hydrogen-bond donors (Lipinski definition) is 4. The van der Waals surface area contributed by atoms with Gasteiger partial charge in [-0.3, -0.25) is 14.8 Å². The zero-order chi connectivity index (χ0) is 20.8. The van der Waals surface area contributed by atoms with Crippen LogP contribution in [-0.2, 0) is 0 Å². The first-order chi connectivity index (χ1) is 14.5. The van der Waals surface area contributed by atoms with Gasteiger partial charge < -0.3 is 15.4 Å². The van der Waals surface area contributed by atoms with Crippen LogP contribution in [0.4, 0.5) is 0 Å². The monoisotopic (exact) mass is 423 g/mol. The average Bonchev–Trinajstić information content (AvgIpc) is 3.12. The van der Waals surface area contributed by atoms with Crippen molar-refractivity contribution in [2.24, 2.45) is 4.99 Å². The van der Waals surface area contributed by atoms with E-state index in [-0.39, 0.29) is 23.5 Å². The lowest BCUT2D eigenvalue weighted by atomic mass is 10.3. The van der Waals surface area contributed by atoms with E-state index in [2.05, 4.69) is 20.4 Å². The molecule has 4 aromatic heterocycles. The lowest BCUT2D eigenvalue weighted by molar-refractivity contribution is 0.0967. The first-order valence-electron chi connectivity index (χ1n) is 9.30. The van der Waals surface area contributed by atoms with Crippen molar-refractivity contribution in [1.82, 2.24) is 29.9 Å². The highest BCUT2D eigenvalue weighted by Gasteiger charge is 2.20. The first kappa shape index (κ1) is 18.3. The summed E-state index contributed by atoms with van der Waals surface area (Å²) < 4.78 is 1.64. The molecular weight excluding hydrogens is 406 g/mol. The summed E-state index contributed by atoms with van der Waals surface area (Å²) in [6.45, 7) is 0. The summed E-state index contributed by atoms with van der Waals surface area (Å²) in [7, 11) is 1.59. The normalized spacial score (nSPS) is 15.2. The highest BCUT2D eigenvalue weighted by molar-refractivity contribution is 7.17. The summed E-state index contributed by atoms with van der Waals surface area (Å²) in [5.74, 6) is -0.410. The van der Waals surface area contributed by atoms with Crippen LogP contribution in [0.15, 0.2) is 34.2 Å². The molecule has 0 aliphatic heterocycles. The van der Waals surface area contributed by atoms with Crippen LogP contribution in [0.5, 0.6) is 5.88 Å². The van der Waals surface area contributed by atoms with Gasteiger partial charge in [0.2, 0.25) is 5.88 Å². The van der Waals surface area contributed by atoms with Crippen LogP contribution in [0.2, 0.25) is 0 Å². The van der Waals surface area contributed by atoms with Crippen molar-refractivity contribution < 1.29 is 9.90 Å². The second kappa shape index (κ2) is 6.95. The molecule has 1 saturated carbocycles. The van der Waals surface area contributed by atoms with Gasteiger partial charge in [0.05, 0.1) is 27.7 Å². The zero-order valence-corrected chi connectivity index (χ0v) is 16.7. The Kier molecular flexibility index (Phi) is 4.24. The number of thiophene rings is 1. The Balaban J connectivity index is 1.72. The largest absolute Gasteiger partial charge is 0.493 e. The van der Waals surface area contributed by atoms with Crippen LogP contribution >= 0.6 is 11.3 Å². The summed E-state index contributed by atoms with van der Waals surface area (Å²) in [6.07, 6.45) is 5.28. The van der Waals surface area contributed by atoms with Gasteiger partial charge >= 0.3 is 5.69 Å². The summed E-state index contributed by atoms with van der Waals surface area (Å²) in [6, 6.07) is 5.74. The van der Waals surface area contributed by atoms with Crippen molar-refractivity contribution in [3.8, 4) is 16.5 Å². The number of hydrogen-bond acceptors (Lipinski definition) is 7. The molecule has 5 rings (SSSR count). The maximum Gasteiger partial charge on any atom is 0.326 e. The molecule has 11 heteroatoms. The van der Waals surface area contributed by atoms with E-state index < -0.39 is 5.69 Å². The minimum atomic E-state index is -0.506. The van der Waals surface area contributed by atoms with Gasteiger partial charge in [0.15, 0.2) is 11.1 Å². The topological polar surface area (TPSA) is 141 Å². The summed E-state index contributed by atoms with van der Waals surface area (Å²) in [5, 5.41) is 17.5. The number of nitrogens with zero attached hydrogens (tertiary/aromatic N) is 4. The van der Waals surface area contributed by atoms with Crippen LogP contribution < -0.4 is 21.7 Å². The average molecular weight is 423 g/mol. The van der Waals surface area contributed by atoms with E-state index in [0.717, 1.165) is 17.7 Å². The molecule has 1 aliphatic rings. The second-order valence-electron chi connectivity index (χ2n) is 6.92. The Bertz CT molecular complexity index is 1460. The molecule has 10 nitrogen and oxygen atoms in total. The molecular formula is C19H17N7O3S. The van der Waals surface area contributed by atoms with Gasteiger partial charge in [0, 0.05) is 18.3 Å². The van der Waals surface area contributed by atoms with E-state index in [4.69, 9.17) is 9.98 Å². The molecule has 1 fully saturated rings. The lowest BCUT2D eigenvalue weighted by Gasteiger charge is -2.01. The summed E-state index contributed by atoms with van der Waals surface area (Å²) in [4.78, 5) is 39.1. The number of rotatable bonds is 4. The van der Waals surface area contributed by atoms with E-state index in [1.54, 1.807) is 29.9 Å².